The first-order valence-corrected chi connectivity index (χ1v) is 12.3. The topological polar surface area (TPSA) is 101 Å². The summed E-state index contributed by atoms with van der Waals surface area (Å²) in [4.78, 5) is 41.1. The van der Waals surface area contributed by atoms with E-state index < -0.39 is 15.3 Å². The van der Waals surface area contributed by atoms with Crippen molar-refractivity contribution >= 4 is 27.7 Å². The van der Waals surface area contributed by atoms with Crippen LogP contribution in [0.2, 0.25) is 0 Å². The molecule has 8 nitrogen and oxygen atoms in total. The molecule has 0 radical (unpaired) electrons. The van der Waals surface area contributed by atoms with Crippen LogP contribution in [0.15, 0.2) is 29.2 Å². The summed E-state index contributed by atoms with van der Waals surface area (Å²) < 4.78 is 28.6. The van der Waals surface area contributed by atoms with Gasteiger partial charge in [-0.2, -0.15) is 0 Å². The quantitative estimate of drug-likeness (QED) is 0.654. The third-order valence-electron chi connectivity index (χ3n) is 5.79. The van der Waals surface area contributed by atoms with E-state index in [1.165, 1.54) is 17.0 Å². The second-order valence-electron chi connectivity index (χ2n) is 9.76. The Balaban J connectivity index is 1.62. The number of nitrogens with zero attached hydrogens (tertiary/aromatic N) is 2. The first-order chi connectivity index (χ1) is 14.3. The number of hydrogen-bond donors (Lipinski definition) is 0. The van der Waals surface area contributed by atoms with Gasteiger partial charge in [0.2, 0.25) is 11.8 Å². The molecule has 0 N–H and O–H groups in total. The lowest BCUT2D eigenvalue weighted by Crippen LogP contribution is -2.47. The van der Waals surface area contributed by atoms with Gasteiger partial charge in [-0.3, -0.25) is 14.5 Å². The summed E-state index contributed by atoms with van der Waals surface area (Å²) in [5.74, 6) is -0.451. The zero-order valence-electron chi connectivity index (χ0n) is 18.5. The number of piperidine rings is 1. The second kappa shape index (κ2) is 8.26. The van der Waals surface area contributed by atoms with Crippen LogP contribution in [0.5, 0.6) is 0 Å². The molecule has 2 heterocycles. The van der Waals surface area contributed by atoms with Gasteiger partial charge in [-0.05, 0) is 36.0 Å². The Hall–Kier alpha value is -2.42. The van der Waals surface area contributed by atoms with E-state index in [-0.39, 0.29) is 41.2 Å². The molecule has 9 heteroatoms. The molecule has 0 saturated carbocycles. The van der Waals surface area contributed by atoms with Crippen molar-refractivity contribution in [1.29, 1.82) is 0 Å². The predicted octanol–water partition coefficient (Wildman–Crippen LogP) is 2.61. The highest BCUT2D eigenvalue weighted by molar-refractivity contribution is 7.90. The number of rotatable bonds is 4. The van der Waals surface area contributed by atoms with Crippen molar-refractivity contribution in [2.45, 2.75) is 51.5 Å². The first kappa shape index (κ1) is 23.2. The highest BCUT2D eigenvalue weighted by Gasteiger charge is 2.52. The molecule has 2 aliphatic rings. The Morgan fingerprint density at radius 1 is 1.10 bits per heavy atom. The number of ether oxygens (including phenoxy) is 1. The molecule has 1 spiro atoms. The van der Waals surface area contributed by atoms with Gasteiger partial charge in [0.15, 0.2) is 9.84 Å². The third kappa shape index (κ3) is 5.26. The average Bonchev–Trinajstić information content (AvgIpc) is 2.90. The van der Waals surface area contributed by atoms with Crippen LogP contribution in [0.1, 0.15) is 45.6 Å². The van der Waals surface area contributed by atoms with Gasteiger partial charge in [0.05, 0.1) is 23.5 Å². The molecule has 170 valence electrons. The van der Waals surface area contributed by atoms with Gasteiger partial charge in [0.25, 0.3) is 0 Å². The molecule has 0 bridgehead atoms. The van der Waals surface area contributed by atoms with Crippen molar-refractivity contribution in [3.8, 4) is 0 Å². The molecule has 2 aliphatic heterocycles. The lowest BCUT2D eigenvalue weighted by Gasteiger charge is -2.37. The van der Waals surface area contributed by atoms with Gasteiger partial charge >= 0.3 is 6.09 Å². The maximum atomic E-state index is 13.1. The number of carbonyl (C=O) groups is 3. The summed E-state index contributed by atoms with van der Waals surface area (Å²) in [6, 6.07) is 6.20. The minimum atomic E-state index is -3.31. The summed E-state index contributed by atoms with van der Waals surface area (Å²) in [5, 5.41) is 0. The molecule has 2 saturated heterocycles. The minimum absolute atomic E-state index is 0.112. The summed E-state index contributed by atoms with van der Waals surface area (Å²) in [6.45, 7) is 7.13. The van der Waals surface area contributed by atoms with E-state index in [0.717, 1.165) is 6.26 Å². The molecule has 1 aromatic rings. The fraction of sp³-hybridized carbons (Fsp3) is 0.591. The maximum Gasteiger partial charge on any atom is 0.409 e. The summed E-state index contributed by atoms with van der Waals surface area (Å²) >= 11 is 0. The molecule has 0 aliphatic carbocycles. The number of amides is 3. The zero-order chi connectivity index (χ0) is 23.0. The Morgan fingerprint density at radius 3 is 2.19 bits per heavy atom. The molecule has 3 amide bonds. The molecule has 0 aromatic heterocycles. The lowest BCUT2D eigenvalue weighted by atomic mass is 9.77. The molecular formula is C22H30N2O6S. The van der Waals surface area contributed by atoms with Gasteiger partial charge < -0.3 is 9.64 Å². The average molecular weight is 451 g/mol. The number of sulfone groups is 1. The molecule has 31 heavy (non-hydrogen) atoms. The highest BCUT2D eigenvalue weighted by Crippen LogP contribution is 2.42. The first-order valence-electron chi connectivity index (χ1n) is 10.4. The van der Waals surface area contributed by atoms with E-state index in [9.17, 15) is 22.8 Å². The lowest BCUT2D eigenvalue weighted by molar-refractivity contribution is -0.143. The summed E-state index contributed by atoms with van der Waals surface area (Å²) in [5.41, 5.74) is -0.208. The van der Waals surface area contributed by atoms with Crippen molar-refractivity contribution in [2.24, 2.45) is 10.8 Å². The van der Waals surface area contributed by atoms with Crippen molar-refractivity contribution in [2.75, 3.05) is 26.0 Å². The summed E-state index contributed by atoms with van der Waals surface area (Å²) in [6.07, 6.45) is 1.73. The molecule has 3 rings (SSSR count). The van der Waals surface area contributed by atoms with Crippen molar-refractivity contribution < 1.29 is 27.5 Å². The second-order valence-corrected chi connectivity index (χ2v) is 11.8. The SMILES string of the molecule is CC(C)(C)COC(=O)N1CCC2(CC1)CC(=O)N(Cc1ccc(S(C)(=O)=O)cc1)C2=O. The van der Waals surface area contributed by atoms with Crippen molar-refractivity contribution in [3.63, 3.8) is 0 Å². The van der Waals surface area contributed by atoms with E-state index in [1.807, 2.05) is 20.8 Å². The summed E-state index contributed by atoms with van der Waals surface area (Å²) in [7, 11) is -3.31. The number of benzene rings is 1. The van der Waals surface area contributed by atoms with Crippen LogP contribution in [-0.2, 0) is 30.7 Å². The van der Waals surface area contributed by atoms with E-state index in [0.29, 0.717) is 38.1 Å². The predicted molar refractivity (Wildman–Crippen MR) is 114 cm³/mol. The number of likely N-dealkylation sites (tertiary alicyclic amines) is 2. The number of hydrogen-bond acceptors (Lipinski definition) is 6. The number of imide groups is 1. The van der Waals surface area contributed by atoms with E-state index in [4.69, 9.17) is 4.74 Å². The largest absolute Gasteiger partial charge is 0.449 e. The maximum absolute atomic E-state index is 13.1. The fourth-order valence-electron chi connectivity index (χ4n) is 3.92. The number of carbonyl (C=O) groups excluding carboxylic acids is 3. The third-order valence-corrected chi connectivity index (χ3v) is 6.92. The molecule has 2 fully saturated rings. The zero-order valence-corrected chi connectivity index (χ0v) is 19.3. The minimum Gasteiger partial charge on any atom is -0.449 e. The van der Waals surface area contributed by atoms with Crippen LogP contribution in [-0.4, -0.2) is 62.1 Å². The van der Waals surface area contributed by atoms with Crippen LogP contribution >= 0.6 is 0 Å². The molecule has 0 unspecified atom stereocenters. The van der Waals surface area contributed by atoms with Crippen LogP contribution in [0.25, 0.3) is 0 Å². The molecule has 0 atom stereocenters. The monoisotopic (exact) mass is 450 g/mol. The van der Waals surface area contributed by atoms with E-state index >= 15 is 0 Å². The van der Waals surface area contributed by atoms with Crippen molar-refractivity contribution in [3.05, 3.63) is 29.8 Å². The Kier molecular flexibility index (Phi) is 6.19. The Morgan fingerprint density at radius 2 is 1.68 bits per heavy atom. The molecule has 1 aromatic carbocycles. The Bertz CT molecular complexity index is 970. The normalized spacial score (nSPS) is 19.2. The van der Waals surface area contributed by atoms with Crippen LogP contribution in [0.4, 0.5) is 4.79 Å². The van der Waals surface area contributed by atoms with E-state index in [2.05, 4.69) is 0 Å². The fourth-order valence-corrected chi connectivity index (χ4v) is 4.55. The van der Waals surface area contributed by atoms with Gasteiger partial charge in [-0.15, -0.1) is 0 Å². The van der Waals surface area contributed by atoms with Crippen LogP contribution < -0.4 is 0 Å². The van der Waals surface area contributed by atoms with Gasteiger partial charge in [-0.25, -0.2) is 13.2 Å². The van der Waals surface area contributed by atoms with Gasteiger partial charge in [0, 0.05) is 25.8 Å². The molecular weight excluding hydrogens is 420 g/mol. The van der Waals surface area contributed by atoms with E-state index in [1.54, 1.807) is 17.0 Å². The van der Waals surface area contributed by atoms with Gasteiger partial charge in [0.1, 0.15) is 0 Å². The van der Waals surface area contributed by atoms with Crippen molar-refractivity contribution in [1.82, 2.24) is 9.80 Å². The highest BCUT2D eigenvalue weighted by atomic mass is 32.2. The van der Waals surface area contributed by atoms with Gasteiger partial charge in [-0.1, -0.05) is 32.9 Å². The smallest absolute Gasteiger partial charge is 0.409 e. The standard InChI is InChI=1S/C22H30N2O6S/c1-21(2,3)15-30-20(27)23-11-9-22(10-12-23)13-18(25)24(19(22)26)14-16-5-7-17(8-6-16)31(4,28)29/h5-8H,9-15H2,1-4H3. The van der Waals surface area contributed by atoms with Crippen LogP contribution in [0.3, 0.4) is 0 Å². The van der Waals surface area contributed by atoms with Crippen LogP contribution in [0, 0.1) is 10.8 Å². The Labute approximate surface area is 183 Å².